The number of halogens is 3. The Kier molecular flexibility index (Phi) is 5.46. The van der Waals surface area contributed by atoms with Gasteiger partial charge in [0.2, 0.25) is 0 Å². The predicted molar refractivity (Wildman–Crippen MR) is 80.3 cm³/mol. The molecular weight excluding hydrogens is 309 g/mol. The van der Waals surface area contributed by atoms with Crippen molar-refractivity contribution < 1.29 is 22.7 Å². The molecule has 2 aromatic rings. The molecule has 4 nitrogen and oxygen atoms in total. The summed E-state index contributed by atoms with van der Waals surface area (Å²) in [5, 5.41) is 5.20. The molecule has 23 heavy (non-hydrogen) atoms. The average Bonchev–Trinajstić information content (AvgIpc) is 2.49. The van der Waals surface area contributed by atoms with E-state index in [1.165, 1.54) is 12.1 Å². The van der Waals surface area contributed by atoms with Gasteiger partial charge in [0.1, 0.15) is 5.75 Å². The van der Waals surface area contributed by atoms with E-state index in [0.717, 1.165) is 17.7 Å². The Morgan fingerprint density at radius 1 is 1.00 bits per heavy atom. The summed E-state index contributed by atoms with van der Waals surface area (Å²) in [4.78, 5) is 11.7. The highest BCUT2D eigenvalue weighted by molar-refractivity contribution is 5.89. The largest absolute Gasteiger partial charge is 0.573 e. The van der Waals surface area contributed by atoms with Crippen LogP contribution in [-0.4, -0.2) is 18.9 Å². The van der Waals surface area contributed by atoms with E-state index in [9.17, 15) is 18.0 Å². The third-order valence-corrected chi connectivity index (χ3v) is 2.89. The van der Waals surface area contributed by atoms with Crippen molar-refractivity contribution in [1.82, 2.24) is 5.32 Å². The molecule has 2 rings (SSSR count). The van der Waals surface area contributed by atoms with E-state index in [1.54, 1.807) is 0 Å². The van der Waals surface area contributed by atoms with E-state index in [2.05, 4.69) is 15.4 Å². The fourth-order valence-electron chi connectivity index (χ4n) is 1.88. The van der Waals surface area contributed by atoms with Gasteiger partial charge in [-0.3, -0.25) is 0 Å². The van der Waals surface area contributed by atoms with Crippen LogP contribution in [0, 0.1) is 0 Å². The van der Waals surface area contributed by atoms with Gasteiger partial charge in [0, 0.05) is 12.2 Å². The first-order chi connectivity index (χ1) is 10.9. The molecule has 0 saturated carbocycles. The molecule has 0 atom stereocenters. The second-order valence-corrected chi connectivity index (χ2v) is 4.69. The molecule has 0 fully saturated rings. The molecule has 0 bridgehead atoms. The van der Waals surface area contributed by atoms with Crippen molar-refractivity contribution in [2.24, 2.45) is 0 Å². The second kappa shape index (κ2) is 7.53. The van der Waals surface area contributed by atoms with Gasteiger partial charge in [0.25, 0.3) is 0 Å². The smallest absolute Gasteiger partial charge is 0.406 e. The van der Waals surface area contributed by atoms with Crippen LogP contribution in [0.2, 0.25) is 0 Å². The van der Waals surface area contributed by atoms with Crippen LogP contribution in [0.4, 0.5) is 23.7 Å². The third-order valence-electron chi connectivity index (χ3n) is 2.89. The molecule has 7 heteroatoms. The number of nitrogens with one attached hydrogen (secondary N) is 2. The van der Waals surface area contributed by atoms with Gasteiger partial charge in [0.15, 0.2) is 0 Å². The predicted octanol–water partition coefficient (Wildman–Crippen LogP) is 3.95. The zero-order valence-electron chi connectivity index (χ0n) is 12.1. The number of ether oxygens (including phenoxy) is 1. The molecule has 0 saturated heterocycles. The van der Waals surface area contributed by atoms with Crippen molar-refractivity contribution >= 4 is 11.7 Å². The summed E-state index contributed by atoms with van der Waals surface area (Å²) in [6, 6.07) is 14.2. The van der Waals surface area contributed by atoms with E-state index >= 15 is 0 Å². The van der Waals surface area contributed by atoms with Gasteiger partial charge in [-0.2, -0.15) is 0 Å². The van der Waals surface area contributed by atoms with Crippen molar-refractivity contribution in [3.05, 3.63) is 60.2 Å². The van der Waals surface area contributed by atoms with Crippen LogP contribution in [0.15, 0.2) is 54.6 Å². The maximum Gasteiger partial charge on any atom is 0.573 e. The van der Waals surface area contributed by atoms with Crippen LogP contribution in [-0.2, 0) is 6.42 Å². The Labute approximate surface area is 131 Å². The van der Waals surface area contributed by atoms with Crippen molar-refractivity contribution in [3.63, 3.8) is 0 Å². The minimum Gasteiger partial charge on any atom is -0.406 e. The van der Waals surface area contributed by atoms with Crippen molar-refractivity contribution in [1.29, 1.82) is 0 Å². The van der Waals surface area contributed by atoms with Gasteiger partial charge in [-0.1, -0.05) is 30.3 Å². The molecule has 0 unspecified atom stereocenters. The lowest BCUT2D eigenvalue weighted by molar-refractivity contribution is -0.274. The molecule has 122 valence electrons. The fraction of sp³-hybridized carbons (Fsp3) is 0.188. The second-order valence-electron chi connectivity index (χ2n) is 4.69. The number of alkyl halides is 3. The monoisotopic (exact) mass is 324 g/mol. The van der Waals surface area contributed by atoms with Crippen LogP contribution >= 0.6 is 0 Å². The van der Waals surface area contributed by atoms with E-state index < -0.39 is 12.4 Å². The van der Waals surface area contributed by atoms with Gasteiger partial charge in [-0.25, -0.2) is 4.79 Å². The summed E-state index contributed by atoms with van der Waals surface area (Å²) >= 11 is 0. The van der Waals surface area contributed by atoms with Crippen LogP contribution < -0.4 is 15.4 Å². The lowest BCUT2D eigenvalue weighted by Crippen LogP contribution is -2.30. The minimum atomic E-state index is -4.73. The molecule has 0 aliphatic heterocycles. The van der Waals surface area contributed by atoms with Crippen LogP contribution in [0.5, 0.6) is 5.75 Å². The molecule has 0 heterocycles. The standard InChI is InChI=1S/C16H15F3N2O2/c17-16(18,19)23-14-8-6-13(7-9-14)21-15(22)20-11-10-12-4-2-1-3-5-12/h1-9H,10-11H2,(H2,20,21,22). The number of hydrogen-bond acceptors (Lipinski definition) is 2. The maximum atomic E-state index is 12.0. The molecule has 0 aliphatic carbocycles. The number of amides is 2. The molecule has 2 aromatic carbocycles. The molecule has 0 radical (unpaired) electrons. The van der Waals surface area contributed by atoms with Crippen molar-refractivity contribution in [2.75, 3.05) is 11.9 Å². The summed E-state index contributed by atoms with van der Waals surface area (Å²) in [7, 11) is 0. The topological polar surface area (TPSA) is 50.4 Å². The van der Waals surface area contributed by atoms with E-state index in [0.29, 0.717) is 18.7 Å². The number of urea groups is 1. The van der Waals surface area contributed by atoms with Crippen LogP contribution in [0.25, 0.3) is 0 Å². The van der Waals surface area contributed by atoms with Crippen LogP contribution in [0.3, 0.4) is 0 Å². The Hall–Kier alpha value is -2.70. The minimum absolute atomic E-state index is 0.340. The van der Waals surface area contributed by atoms with Crippen molar-refractivity contribution in [3.8, 4) is 5.75 Å². The normalized spacial score (nSPS) is 10.9. The van der Waals surface area contributed by atoms with Gasteiger partial charge in [-0.15, -0.1) is 13.2 Å². The molecule has 0 spiro atoms. The SMILES string of the molecule is O=C(NCCc1ccccc1)Nc1ccc(OC(F)(F)F)cc1. The Bertz CT molecular complexity index is 628. The summed E-state index contributed by atoms with van der Waals surface area (Å²) in [5.41, 5.74) is 1.47. The quantitative estimate of drug-likeness (QED) is 0.875. The van der Waals surface area contributed by atoms with Crippen LogP contribution in [0.1, 0.15) is 5.56 Å². The number of anilines is 1. The highest BCUT2D eigenvalue weighted by Gasteiger charge is 2.30. The Balaban J connectivity index is 1.76. The Morgan fingerprint density at radius 3 is 2.26 bits per heavy atom. The first kappa shape index (κ1) is 16.7. The molecular formula is C16H15F3N2O2. The highest BCUT2D eigenvalue weighted by Crippen LogP contribution is 2.23. The number of carbonyl (C=O) groups excluding carboxylic acids is 1. The average molecular weight is 324 g/mol. The van der Waals surface area contributed by atoms with Gasteiger partial charge in [-0.05, 0) is 36.2 Å². The van der Waals surface area contributed by atoms with E-state index in [-0.39, 0.29) is 5.75 Å². The fourth-order valence-corrected chi connectivity index (χ4v) is 1.88. The zero-order valence-corrected chi connectivity index (χ0v) is 12.1. The van der Waals surface area contributed by atoms with Gasteiger partial charge in [0.05, 0.1) is 0 Å². The number of rotatable bonds is 5. The lowest BCUT2D eigenvalue weighted by Gasteiger charge is -2.10. The lowest BCUT2D eigenvalue weighted by atomic mass is 10.1. The summed E-state index contributed by atoms with van der Waals surface area (Å²) in [6.07, 6.45) is -4.05. The molecule has 2 amide bonds. The first-order valence-corrected chi connectivity index (χ1v) is 6.87. The summed E-state index contributed by atoms with van der Waals surface area (Å²) < 4.78 is 39.8. The third kappa shape index (κ3) is 6.29. The van der Waals surface area contributed by atoms with E-state index in [4.69, 9.17) is 0 Å². The maximum absolute atomic E-state index is 12.0. The number of hydrogen-bond donors (Lipinski definition) is 2. The summed E-state index contributed by atoms with van der Waals surface area (Å²) in [6.45, 7) is 0.450. The summed E-state index contributed by atoms with van der Waals surface area (Å²) in [5.74, 6) is -0.340. The number of benzene rings is 2. The number of carbonyl (C=O) groups is 1. The molecule has 0 aromatic heterocycles. The van der Waals surface area contributed by atoms with Gasteiger partial charge >= 0.3 is 12.4 Å². The van der Waals surface area contributed by atoms with E-state index in [1.807, 2.05) is 30.3 Å². The zero-order chi connectivity index (χ0) is 16.7. The molecule has 2 N–H and O–H groups in total. The molecule has 0 aliphatic rings. The Morgan fingerprint density at radius 2 is 1.65 bits per heavy atom. The first-order valence-electron chi connectivity index (χ1n) is 6.87. The van der Waals surface area contributed by atoms with Gasteiger partial charge < -0.3 is 15.4 Å². The van der Waals surface area contributed by atoms with Crippen molar-refractivity contribution in [2.45, 2.75) is 12.8 Å². The highest BCUT2D eigenvalue weighted by atomic mass is 19.4.